The van der Waals surface area contributed by atoms with Crippen molar-refractivity contribution in [2.24, 2.45) is 0 Å². The van der Waals surface area contributed by atoms with Crippen LogP contribution in [0.3, 0.4) is 0 Å². The molecule has 0 fully saturated rings. The molecule has 0 aliphatic rings. The molecule has 4 nitrogen and oxygen atoms in total. The zero-order chi connectivity index (χ0) is 14.6. The molecule has 0 amide bonds. The van der Waals surface area contributed by atoms with Gasteiger partial charge < -0.3 is 0 Å². The minimum Gasteiger partial charge on any atom is -0.296 e. The van der Waals surface area contributed by atoms with Crippen LogP contribution in [0.1, 0.15) is 5.69 Å². The molecule has 0 saturated carbocycles. The van der Waals surface area contributed by atoms with Crippen LogP contribution in [0.25, 0.3) is 31.6 Å². The Bertz CT molecular complexity index is 1030. The van der Waals surface area contributed by atoms with Crippen molar-refractivity contribution in [1.82, 2.24) is 15.2 Å². The van der Waals surface area contributed by atoms with Crippen LogP contribution in [0.15, 0.2) is 35.1 Å². The zero-order valence-electron chi connectivity index (χ0n) is 11.0. The summed E-state index contributed by atoms with van der Waals surface area (Å²) in [7, 11) is 0. The van der Waals surface area contributed by atoms with Gasteiger partial charge in [0.25, 0.3) is 5.56 Å². The summed E-state index contributed by atoms with van der Waals surface area (Å²) < 4.78 is 0.679. The Hall–Kier alpha value is -2.11. The van der Waals surface area contributed by atoms with E-state index in [1.165, 1.54) is 11.3 Å². The molecule has 0 unspecified atom stereocenters. The summed E-state index contributed by atoms with van der Waals surface area (Å²) >= 11 is 7.37. The highest BCUT2D eigenvalue weighted by Gasteiger charge is 2.16. The maximum absolute atomic E-state index is 11.8. The summed E-state index contributed by atoms with van der Waals surface area (Å²) in [5.41, 5.74) is 3.74. The average molecular weight is 316 g/mol. The quantitative estimate of drug-likeness (QED) is 0.555. The number of rotatable bonds is 1. The van der Waals surface area contributed by atoms with Crippen molar-refractivity contribution in [1.29, 1.82) is 0 Å². The highest BCUT2D eigenvalue weighted by molar-refractivity contribution is 7.25. The van der Waals surface area contributed by atoms with Crippen LogP contribution < -0.4 is 5.56 Å². The van der Waals surface area contributed by atoms with Crippen LogP contribution in [0, 0.1) is 6.92 Å². The fraction of sp³-hybridized carbons (Fsp3) is 0.0667. The van der Waals surface area contributed by atoms with Crippen LogP contribution in [0.2, 0.25) is 5.02 Å². The summed E-state index contributed by atoms with van der Waals surface area (Å²) in [4.78, 5) is 17.2. The van der Waals surface area contributed by atoms with Gasteiger partial charge in [-0.1, -0.05) is 23.7 Å². The Balaban J connectivity index is 2.15. The number of nitrogens with zero attached hydrogens (tertiary/aromatic N) is 1. The van der Waals surface area contributed by atoms with Crippen molar-refractivity contribution in [3.05, 3.63) is 51.4 Å². The summed E-state index contributed by atoms with van der Waals surface area (Å²) in [6.45, 7) is 1.96. The van der Waals surface area contributed by atoms with E-state index in [1.54, 1.807) is 0 Å². The van der Waals surface area contributed by atoms with Crippen molar-refractivity contribution >= 4 is 43.4 Å². The van der Waals surface area contributed by atoms with Crippen molar-refractivity contribution in [2.75, 3.05) is 0 Å². The maximum atomic E-state index is 11.8. The molecule has 2 N–H and O–H groups in total. The SMILES string of the molecule is Cc1cc(-c2ccc(Cl)cc2)c2c(n1)sc1c(=O)[nH][nH]c12. The molecule has 4 rings (SSSR count). The van der Waals surface area contributed by atoms with Crippen LogP contribution >= 0.6 is 22.9 Å². The second-order valence-corrected chi connectivity index (χ2v) is 6.32. The topological polar surface area (TPSA) is 61.5 Å². The van der Waals surface area contributed by atoms with E-state index in [4.69, 9.17) is 11.6 Å². The number of aryl methyl sites for hydroxylation is 1. The van der Waals surface area contributed by atoms with Crippen LogP contribution in [0.4, 0.5) is 0 Å². The van der Waals surface area contributed by atoms with Gasteiger partial charge in [0.2, 0.25) is 0 Å². The minimum atomic E-state index is -0.104. The molecular formula is C15H10ClN3OS. The first-order chi connectivity index (χ1) is 10.1. The van der Waals surface area contributed by atoms with E-state index in [0.29, 0.717) is 9.72 Å². The molecule has 3 aromatic heterocycles. The van der Waals surface area contributed by atoms with Gasteiger partial charge in [0.15, 0.2) is 0 Å². The Morgan fingerprint density at radius 1 is 1.19 bits per heavy atom. The number of benzene rings is 1. The molecule has 0 spiro atoms. The number of aromatic nitrogens is 3. The lowest BCUT2D eigenvalue weighted by Gasteiger charge is -2.05. The summed E-state index contributed by atoms with van der Waals surface area (Å²) in [6.07, 6.45) is 0. The lowest BCUT2D eigenvalue weighted by molar-refractivity contribution is 1.08. The molecule has 104 valence electrons. The van der Waals surface area contributed by atoms with Crippen LogP contribution in [-0.4, -0.2) is 15.2 Å². The number of aromatic amines is 2. The van der Waals surface area contributed by atoms with E-state index in [-0.39, 0.29) is 5.56 Å². The van der Waals surface area contributed by atoms with Crippen molar-refractivity contribution < 1.29 is 0 Å². The van der Waals surface area contributed by atoms with Crippen LogP contribution in [0.5, 0.6) is 0 Å². The van der Waals surface area contributed by atoms with E-state index in [2.05, 4.69) is 15.2 Å². The predicted molar refractivity (Wildman–Crippen MR) is 87.3 cm³/mol. The zero-order valence-corrected chi connectivity index (χ0v) is 12.6. The molecular weight excluding hydrogens is 306 g/mol. The van der Waals surface area contributed by atoms with E-state index < -0.39 is 0 Å². The number of hydrogen-bond donors (Lipinski definition) is 2. The molecule has 3 heterocycles. The van der Waals surface area contributed by atoms with Gasteiger partial charge in [-0.05, 0) is 36.2 Å². The first-order valence-electron chi connectivity index (χ1n) is 6.40. The third kappa shape index (κ3) is 1.89. The number of pyridine rings is 1. The standard InChI is InChI=1S/C15H10ClN3OS/c1-7-6-10(8-2-4-9(16)5-3-8)11-12-13(14(20)19-18-12)21-15(11)17-7/h2-6H,1H3,(H2,18,19,20). The third-order valence-corrected chi connectivity index (χ3v) is 4.79. The number of H-pyrrole nitrogens is 2. The van der Waals surface area contributed by atoms with Gasteiger partial charge in [0.05, 0.1) is 5.52 Å². The van der Waals surface area contributed by atoms with Gasteiger partial charge >= 0.3 is 0 Å². The molecule has 0 atom stereocenters. The molecule has 0 bridgehead atoms. The Kier molecular flexibility index (Phi) is 2.67. The lowest BCUT2D eigenvalue weighted by Crippen LogP contribution is -1.95. The number of fused-ring (bicyclic) bond motifs is 3. The Morgan fingerprint density at radius 3 is 2.71 bits per heavy atom. The highest BCUT2D eigenvalue weighted by Crippen LogP contribution is 2.37. The largest absolute Gasteiger partial charge is 0.296 e. The third-order valence-electron chi connectivity index (χ3n) is 3.45. The second-order valence-electron chi connectivity index (χ2n) is 4.88. The lowest BCUT2D eigenvalue weighted by atomic mass is 10.0. The smallest absolute Gasteiger partial charge is 0.281 e. The van der Waals surface area contributed by atoms with Crippen molar-refractivity contribution in [3.8, 4) is 11.1 Å². The van der Waals surface area contributed by atoms with Gasteiger partial charge in [-0.25, -0.2) is 4.98 Å². The highest BCUT2D eigenvalue weighted by atomic mass is 35.5. The average Bonchev–Trinajstić information content (AvgIpc) is 2.99. The number of hydrogen-bond acceptors (Lipinski definition) is 3. The molecule has 6 heteroatoms. The van der Waals surface area contributed by atoms with Gasteiger partial charge in [-0.15, -0.1) is 11.3 Å². The molecule has 21 heavy (non-hydrogen) atoms. The number of nitrogens with one attached hydrogen (secondary N) is 2. The van der Waals surface area contributed by atoms with E-state index in [1.807, 2.05) is 37.3 Å². The fourth-order valence-corrected chi connectivity index (χ4v) is 3.76. The summed E-state index contributed by atoms with van der Waals surface area (Å²) in [5, 5.41) is 7.26. The van der Waals surface area contributed by atoms with Gasteiger partial charge in [-0.3, -0.25) is 15.0 Å². The fourth-order valence-electron chi connectivity index (χ4n) is 2.53. The normalized spacial score (nSPS) is 11.5. The van der Waals surface area contributed by atoms with Crippen molar-refractivity contribution in [2.45, 2.75) is 6.92 Å². The molecule has 0 radical (unpaired) electrons. The first kappa shape index (κ1) is 12.6. The molecule has 0 aliphatic carbocycles. The minimum absolute atomic E-state index is 0.104. The summed E-state index contributed by atoms with van der Waals surface area (Å²) in [6, 6.07) is 9.71. The van der Waals surface area contributed by atoms with E-state index in [9.17, 15) is 4.79 Å². The number of halogens is 1. The molecule has 4 aromatic rings. The Labute approximate surface area is 128 Å². The molecule has 0 saturated heterocycles. The maximum Gasteiger partial charge on any atom is 0.281 e. The van der Waals surface area contributed by atoms with E-state index >= 15 is 0 Å². The molecule has 1 aromatic carbocycles. The van der Waals surface area contributed by atoms with Gasteiger partial charge in [0, 0.05) is 16.1 Å². The second kappa shape index (κ2) is 4.44. The van der Waals surface area contributed by atoms with Crippen molar-refractivity contribution in [3.63, 3.8) is 0 Å². The first-order valence-corrected chi connectivity index (χ1v) is 7.59. The van der Waals surface area contributed by atoms with E-state index in [0.717, 1.165) is 32.6 Å². The predicted octanol–water partition coefficient (Wildman–Crippen LogP) is 4.09. The Morgan fingerprint density at radius 2 is 1.95 bits per heavy atom. The monoisotopic (exact) mass is 315 g/mol. The van der Waals surface area contributed by atoms with Gasteiger partial charge in [-0.2, -0.15) is 0 Å². The number of thiophene rings is 1. The van der Waals surface area contributed by atoms with Gasteiger partial charge in [0.1, 0.15) is 9.53 Å². The summed E-state index contributed by atoms with van der Waals surface area (Å²) in [5.74, 6) is 0. The van der Waals surface area contributed by atoms with Crippen LogP contribution in [-0.2, 0) is 0 Å². The molecule has 0 aliphatic heterocycles.